The van der Waals surface area contributed by atoms with Crippen molar-refractivity contribution in [3.05, 3.63) is 45.5 Å². The molecule has 2 aromatic heterocycles. The Labute approximate surface area is 109 Å². The fourth-order valence-electron chi connectivity index (χ4n) is 1.52. The second kappa shape index (κ2) is 5.49. The lowest BCUT2D eigenvalue weighted by Crippen LogP contribution is -2.24. The highest BCUT2D eigenvalue weighted by atomic mass is 35.5. The molecule has 0 fully saturated rings. The second-order valence-electron chi connectivity index (χ2n) is 3.78. The van der Waals surface area contributed by atoms with Crippen molar-refractivity contribution in [2.45, 2.75) is 6.54 Å². The van der Waals surface area contributed by atoms with Gasteiger partial charge in [-0.15, -0.1) is 11.3 Å². The van der Waals surface area contributed by atoms with Gasteiger partial charge >= 0.3 is 0 Å². The van der Waals surface area contributed by atoms with Crippen LogP contribution in [0.1, 0.15) is 15.4 Å². The fraction of sp³-hybridized carbons (Fsp3) is 0.250. The first-order chi connectivity index (χ1) is 8.15. The fourth-order valence-corrected chi connectivity index (χ4v) is 2.69. The minimum Gasteiger partial charge on any atom is -0.461 e. The molecule has 0 N–H and O–H groups in total. The molecule has 90 valence electrons. The van der Waals surface area contributed by atoms with Gasteiger partial charge in [0.2, 0.25) is 5.78 Å². The van der Waals surface area contributed by atoms with Gasteiger partial charge in [-0.1, -0.05) is 11.6 Å². The Bertz CT molecular complexity index is 492. The van der Waals surface area contributed by atoms with Gasteiger partial charge in [0, 0.05) is 11.4 Å². The topological polar surface area (TPSA) is 33.5 Å². The third-order valence-corrected chi connectivity index (χ3v) is 3.48. The van der Waals surface area contributed by atoms with Crippen molar-refractivity contribution in [1.29, 1.82) is 0 Å². The van der Waals surface area contributed by atoms with Crippen LogP contribution in [-0.2, 0) is 6.54 Å². The van der Waals surface area contributed by atoms with E-state index < -0.39 is 0 Å². The molecule has 2 heterocycles. The number of Topliss-reactive ketones (excluding diaryl/α,β-unsaturated/α-hetero) is 1. The van der Waals surface area contributed by atoms with E-state index in [2.05, 4.69) is 0 Å². The average Bonchev–Trinajstić information content (AvgIpc) is 2.89. The third-order valence-electron chi connectivity index (χ3n) is 2.26. The van der Waals surface area contributed by atoms with Crippen molar-refractivity contribution < 1.29 is 9.21 Å². The number of rotatable bonds is 5. The van der Waals surface area contributed by atoms with E-state index in [0.717, 1.165) is 9.21 Å². The van der Waals surface area contributed by atoms with Crippen LogP contribution in [0, 0.1) is 0 Å². The SMILES string of the molecule is CN(CC(=O)c1ccco1)Cc1ccc(Cl)s1. The zero-order valence-corrected chi connectivity index (χ0v) is 10.9. The summed E-state index contributed by atoms with van der Waals surface area (Å²) in [6.45, 7) is 1.05. The molecule has 0 atom stereocenters. The minimum atomic E-state index is -0.0137. The van der Waals surface area contributed by atoms with E-state index in [1.807, 2.05) is 24.1 Å². The van der Waals surface area contributed by atoms with Crippen molar-refractivity contribution in [1.82, 2.24) is 4.90 Å². The van der Waals surface area contributed by atoms with Crippen LogP contribution in [0.15, 0.2) is 34.9 Å². The number of carbonyl (C=O) groups is 1. The Morgan fingerprint density at radius 2 is 2.29 bits per heavy atom. The normalized spacial score (nSPS) is 11.0. The van der Waals surface area contributed by atoms with Crippen molar-refractivity contribution >= 4 is 28.7 Å². The predicted molar refractivity (Wildman–Crippen MR) is 68.7 cm³/mol. The van der Waals surface area contributed by atoms with Crippen molar-refractivity contribution in [2.24, 2.45) is 0 Å². The number of hydrogen-bond acceptors (Lipinski definition) is 4. The molecular formula is C12H12ClNO2S. The van der Waals surface area contributed by atoms with Crippen LogP contribution in [0.5, 0.6) is 0 Å². The smallest absolute Gasteiger partial charge is 0.211 e. The molecule has 0 radical (unpaired) electrons. The molecule has 0 aromatic carbocycles. The molecule has 0 saturated carbocycles. The molecule has 0 aliphatic rings. The maximum absolute atomic E-state index is 11.8. The monoisotopic (exact) mass is 269 g/mol. The number of carbonyl (C=O) groups excluding carboxylic acids is 1. The molecule has 0 spiro atoms. The number of hydrogen-bond donors (Lipinski definition) is 0. The number of likely N-dealkylation sites (N-methyl/N-ethyl adjacent to an activating group) is 1. The predicted octanol–water partition coefficient (Wildman–Crippen LogP) is 3.31. The molecule has 5 heteroatoms. The Morgan fingerprint density at radius 1 is 1.47 bits per heavy atom. The molecule has 0 bridgehead atoms. The van der Waals surface area contributed by atoms with Crippen LogP contribution >= 0.6 is 22.9 Å². The molecule has 2 aromatic rings. The number of halogens is 1. The van der Waals surface area contributed by atoms with E-state index in [9.17, 15) is 4.79 Å². The minimum absolute atomic E-state index is 0.0137. The van der Waals surface area contributed by atoms with E-state index in [1.54, 1.807) is 12.1 Å². The molecule has 2 rings (SSSR count). The highest BCUT2D eigenvalue weighted by molar-refractivity contribution is 7.16. The standard InChI is InChI=1S/C12H12ClNO2S/c1-14(7-9-4-5-12(13)17-9)8-10(15)11-3-2-6-16-11/h2-6H,7-8H2,1H3. The number of furan rings is 1. The quantitative estimate of drug-likeness (QED) is 0.781. The van der Waals surface area contributed by atoms with Gasteiger partial charge in [-0.3, -0.25) is 9.69 Å². The average molecular weight is 270 g/mol. The van der Waals surface area contributed by atoms with Crippen LogP contribution < -0.4 is 0 Å². The Morgan fingerprint density at radius 3 is 2.88 bits per heavy atom. The Hall–Kier alpha value is -1.10. The van der Waals surface area contributed by atoms with E-state index >= 15 is 0 Å². The number of nitrogens with zero attached hydrogens (tertiary/aromatic N) is 1. The van der Waals surface area contributed by atoms with Crippen LogP contribution in [0.25, 0.3) is 0 Å². The van der Waals surface area contributed by atoms with Gasteiger partial charge in [0.15, 0.2) is 5.76 Å². The summed E-state index contributed by atoms with van der Waals surface area (Å²) in [6, 6.07) is 7.23. The van der Waals surface area contributed by atoms with E-state index in [1.165, 1.54) is 17.6 Å². The summed E-state index contributed by atoms with van der Waals surface area (Å²) >= 11 is 7.38. The largest absolute Gasteiger partial charge is 0.461 e. The molecule has 0 aliphatic carbocycles. The highest BCUT2D eigenvalue weighted by Gasteiger charge is 2.12. The molecule has 17 heavy (non-hydrogen) atoms. The van der Waals surface area contributed by atoms with Crippen molar-refractivity contribution in [3.8, 4) is 0 Å². The van der Waals surface area contributed by atoms with Crippen molar-refractivity contribution in [3.63, 3.8) is 0 Å². The van der Waals surface area contributed by atoms with Gasteiger partial charge in [-0.2, -0.15) is 0 Å². The summed E-state index contributed by atoms with van der Waals surface area (Å²) in [5.41, 5.74) is 0. The maximum atomic E-state index is 11.8. The highest BCUT2D eigenvalue weighted by Crippen LogP contribution is 2.22. The van der Waals surface area contributed by atoms with E-state index in [0.29, 0.717) is 18.8 Å². The molecular weight excluding hydrogens is 258 g/mol. The summed E-state index contributed by atoms with van der Waals surface area (Å²) in [6.07, 6.45) is 1.51. The first kappa shape index (κ1) is 12.4. The maximum Gasteiger partial charge on any atom is 0.211 e. The van der Waals surface area contributed by atoms with E-state index in [4.69, 9.17) is 16.0 Å². The Balaban J connectivity index is 1.89. The first-order valence-corrected chi connectivity index (χ1v) is 6.34. The lowest BCUT2D eigenvalue weighted by Gasteiger charge is -2.13. The lowest BCUT2D eigenvalue weighted by atomic mass is 10.3. The van der Waals surface area contributed by atoms with Crippen LogP contribution in [0.3, 0.4) is 0 Å². The van der Waals surface area contributed by atoms with Gasteiger partial charge in [0.05, 0.1) is 17.1 Å². The van der Waals surface area contributed by atoms with Gasteiger partial charge in [-0.05, 0) is 31.3 Å². The Kier molecular flexibility index (Phi) is 3.99. The van der Waals surface area contributed by atoms with Crippen LogP contribution in [-0.4, -0.2) is 24.3 Å². The van der Waals surface area contributed by atoms with Gasteiger partial charge in [0.25, 0.3) is 0 Å². The van der Waals surface area contributed by atoms with Gasteiger partial charge in [-0.25, -0.2) is 0 Å². The second-order valence-corrected chi connectivity index (χ2v) is 5.58. The lowest BCUT2D eigenvalue weighted by molar-refractivity contribution is 0.0916. The number of thiophene rings is 1. The number of ketones is 1. The van der Waals surface area contributed by atoms with Gasteiger partial charge < -0.3 is 4.42 Å². The summed E-state index contributed by atoms with van der Waals surface area (Å²) in [5, 5.41) is 0. The third kappa shape index (κ3) is 3.43. The van der Waals surface area contributed by atoms with Crippen molar-refractivity contribution in [2.75, 3.05) is 13.6 Å². The summed E-state index contributed by atoms with van der Waals surface area (Å²) < 4.78 is 5.83. The first-order valence-electron chi connectivity index (χ1n) is 5.14. The van der Waals surface area contributed by atoms with Crippen LogP contribution in [0.2, 0.25) is 4.34 Å². The summed E-state index contributed by atoms with van der Waals surface area (Å²) in [4.78, 5) is 14.8. The van der Waals surface area contributed by atoms with E-state index in [-0.39, 0.29) is 5.78 Å². The zero-order valence-electron chi connectivity index (χ0n) is 9.35. The molecule has 0 aliphatic heterocycles. The summed E-state index contributed by atoms with van der Waals surface area (Å²) in [5.74, 6) is 0.390. The summed E-state index contributed by atoms with van der Waals surface area (Å²) in [7, 11) is 1.90. The van der Waals surface area contributed by atoms with Gasteiger partial charge in [0.1, 0.15) is 0 Å². The molecule has 3 nitrogen and oxygen atoms in total. The molecule has 0 unspecified atom stereocenters. The zero-order chi connectivity index (χ0) is 12.3. The molecule has 0 saturated heterocycles. The van der Waals surface area contributed by atoms with Crippen LogP contribution in [0.4, 0.5) is 0 Å². The molecule has 0 amide bonds.